The number of nitrogens with two attached hydrogens (primary N) is 1. The first-order valence-corrected chi connectivity index (χ1v) is 6.48. The molecule has 2 N–H and O–H groups in total. The summed E-state index contributed by atoms with van der Waals surface area (Å²) in [5.74, 6) is 0.813. The number of carbonyl (C=O) groups excluding carboxylic acids is 1. The molecule has 5 heteroatoms. The summed E-state index contributed by atoms with van der Waals surface area (Å²) in [5.41, 5.74) is 7.84. The minimum atomic E-state index is 0.403. The Balaban J connectivity index is 2.50. The quantitative estimate of drug-likeness (QED) is 0.873. The second-order valence-corrected chi connectivity index (χ2v) is 5.28. The van der Waals surface area contributed by atoms with Crippen molar-refractivity contribution < 1.29 is 4.79 Å². The molecular weight excluding hydrogens is 262 g/mol. The number of halogens is 1. The van der Waals surface area contributed by atoms with Crippen LogP contribution < -0.4 is 5.73 Å². The molecule has 0 saturated carbocycles. The van der Waals surface area contributed by atoms with Gasteiger partial charge in [0.2, 0.25) is 0 Å². The second-order valence-electron chi connectivity index (χ2n) is 4.85. The average Bonchev–Trinajstić information content (AvgIpc) is 2.66. The largest absolute Gasteiger partial charge is 0.383 e. The van der Waals surface area contributed by atoms with E-state index in [2.05, 4.69) is 18.9 Å². The molecule has 0 bridgehead atoms. The molecule has 0 unspecified atom stereocenters. The molecule has 1 aromatic heterocycles. The molecular formula is C14H16ClN3O. The zero-order valence-electron chi connectivity index (χ0n) is 10.9. The van der Waals surface area contributed by atoms with Crippen molar-refractivity contribution in [1.82, 2.24) is 9.78 Å². The maximum absolute atomic E-state index is 11.2. The van der Waals surface area contributed by atoms with Gasteiger partial charge in [-0.05, 0) is 18.1 Å². The van der Waals surface area contributed by atoms with E-state index in [1.165, 1.54) is 0 Å². The van der Waals surface area contributed by atoms with Crippen molar-refractivity contribution in [3.63, 3.8) is 0 Å². The summed E-state index contributed by atoms with van der Waals surface area (Å²) in [6.07, 6.45) is 0.753. The molecule has 0 fully saturated rings. The normalized spacial score (nSPS) is 10.9. The molecule has 2 rings (SSSR count). The lowest BCUT2D eigenvalue weighted by Crippen LogP contribution is -2.09. The van der Waals surface area contributed by atoms with Crippen molar-refractivity contribution in [2.24, 2.45) is 5.92 Å². The fourth-order valence-corrected chi connectivity index (χ4v) is 2.04. The smallest absolute Gasteiger partial charge is 0.156 e. The zero-order chi connectivity index (χ0) is 14.0. The Morgan fingerprint density at radius 1 is 1.37 bits per heavy atom. The van der Waals surface area contributed by atoms with Crippen LogP contribution in [0.25, 0.3) is 11.3 Å². The minimum Gasteiger partial charge on any atom is -0.383 e. The Kier molecular flexibility index (Phi) is 3.90. The van der Waals surface area contributed by atoms with Crippen LogP contribution in [0.3, 0.4) is 0 Å². The number of aldehydes is 1. The SMILES string of the molecule is CC(C)Cn1nc(-c2ccc(Cl)cc2)c(C=O)c1N. The van der Waals surface area contributed by atoms with E-state index in [-0.39, 0.29) is 0 Å². The van der Waals surface area contributed by atoms with Crippen molar-refractivity contribution in [3.8, 4) is 11.3 Å². The highest BCUT2D eigenvalue weighted by Gasteiger charge is 2.16. The predicted octanol–water partition coefficient (Wildman–Crippen LogP) is 3.25. The number of anilines is 1. The van der Waals surface area contributed by atoms with Crippen LogP contribution in [0.4, 0.5) is 5.82 Å². The Labute approximate surface area is 117 Å². The van der Waals surface area contributed by atoms with Gasteiger partial charge in [0.15, 0.2) is 6.29 Å². The first-order valence-electron chi connectivity index (χ1n) is 6.10. The summed E-state index contributed by atoms with van der Waals surface area (Å²) in [7, 11) is 0. The lowest BCUT2D eigenvalue weighted by molar-refractivity contribution is 0.112. The van der Waals surface area contributed by atoms with E-state index in [0.29, 0.717) is 34.6 Å². The van der Waals surface area contributed by atoms with Gasteiger partial charge in [0.25, 0.3) is 0 Å². The van der Waals surface area contributed by atoms with Crippen molar-refractivity contribution in [2.75, 3.05) is 5.73 Å². The summed E-state index contributed by atoms with van der Waals surface area (Å²) in [6, 6.07) is 7.19. The number of nitrogens with zero attached hydrogens (tertiary/aromatic N) is 2. The van der Waals surface area contributed by atoms with Crippen LogP contribution >= 0.6 is 11.6 Å². The lowest BCUT2D eigenvalue weighted by Gasteiger charge is -2.06. The van der Waals surface area contributed by atoms with Crippen LogP contribution in [0, 0.1) is 5.92 Å². The van der Waals surface area contributed by atoms with E-state index in [4.69, 9.17) is 17.3 Å². The minimum absolute atomic E-state index is 0.403. The van der Waals surface area contributed by atoms with Gasteiger partial charge in [0.05, 0.1) is 5.56 Å². The van der Waals surface area contributed by atoms with Gasteiger partial charge in [0.1, 0.15) is 11.5 Å². The summed E-state index contributed by atoms with van der Waals surface area (Å²) < 4.78 is 1.68. The number of rotatable bonds is 4. The van der Waals surface area contributed by atoms with Gasteiger partial charge in [-0.25, -0.2) is 4.68 Å². The molecule has 100 valence electrons. The highest BCUT2D eigenvalue weighted by molar-refractivity contribution is 6.30. The Morgan fingerprint density at radius 2 is 2.00 bits per heavy atom. The molecule has 0 aliphatic rings. The van der Waals surface area contributed by atoms with E-state index in [0.717, 1.165) is 11.8 Å². The first-order chi connectivity index (χ1) is 9.02. The van der Waals surface area contributed by atoms with E-state index >= 15 is 0 Å². The maximum atomic E-state index is 11.2. The molecule has 1 heterocycles. The summed E-state index contributed by atoms with van der Waals surface area (Å²) in [6.45, 7) is 4.83. The number of hydrogen-bond acceptors (Lipinski definition) is 3. The molecule has 2 aromatic rings. The predicted molar refractivity (Wildman–Crippen MR) is 77.3 cm³/mol. The number of aromatic nitrogens is 2. The van der Waals surface area contributed by atoms with E-state index < -0.39 is 0 Å². The van der Waals surface area contributed by atoms with Crippen molar-refractivity contribution in [2.45, 2.75) is 20.4 Å². The topological polar surface area (TPSA) is 60.9 Å². The van der Waals surface area contributed by atoms with Crippen LogP contribution in [0.5, 0.6) is 0 Å². The maximum Gasteiger partial charge on any atom is 0.156 e. The third-order valence-corrected chi connectivity index (χ3v) is 3.06. The van der Waals surface area contributed by atoms with Crippen molar-refractivity contribution in [1.29, 1.82) is 0 Å². The zero-order valence-corrected chi connectivity index (χ0v) is 11.7. The van der Waals surface area contributed by atoms with Crippen molar-refractivity contribution >= 4 is 23.7 Å². The Hall–Kier alpha value is -1.81. The molecule has 1 aromatic carbocycles. The summed E-state index contributed by atoms with van der Waals surface area (Å²) in [4.78, 5) is 11.2. The fraction of sp³-hybridized carbons (Fsp3) is 0.286. The van der Waals surface area contributed by atoms with Gasteiger partial charge in [-0.3, -0.25) is 4.79 Å². The van der Waals surface area contributed by atoms with E-state index in [9.17, 15) is 4.79 Å². The van der Waals surface area contributed by atoms with Gasteiger partial charge in [-0.2, -0.15) is 5.10 Å². The number of benzene rings is 1. The standard InChI is InChI=1S/C14H16ClN3O/c1-9(2)7-18-14(16)12(8-19)13(17-18)10-3-5-11(15)6-4-10/h3-6,8-9H,7,16H2,1-2H3. The monoisotopic (exact) mass is 277 g/mol. The van der Waals surface area contributed by atoms with Crippen LogP contribution in [0.2, 0.25) is 5.02 Å². The molecule has 4 nitrogen and oxygen atoms in total. The van der Waals surface area contributed by atoms with Gasteiger partial charge >= 0.3 is 0 Å². The molecule has 0 spiro atoms. The number of carbonyl (C=O) groups is 1. The van der Waals surface area contributed by atoms with Crippen LogP contribution in [-0.4, -0.2) is 16.1 Å². The molecule has 0 aliphatic heterocycles. The summed E-state index contributed by atoms with van der Waals surface area (Å²) in [5, 5.41) is 5.08. The Bertz CT molecular complexity index is 587. The molecule has 0 atom stereocenters. The fourth-order valence-electron chi connectivity index (χ4n) is 1.91. The summed E-state index contributed by atoms with van der Waals surface area (Å²) >= 11 is 5.86. The molecule has 0 saturated heterocycles. The number of hydrogen-bond donors (Lipinski definition) is 1. The first kappa shape index (κ1) is 13.6. The molecule has 19 heavy (non-hydrogen) atoms. The average molecular weight is 278 g/mol. The molecule has 0 amide bonds. The number of nitrogen functional groups attached to an aromatic ring is 1. The van der Waals surface area contributed by atoms with Gasteiger partial charge < -0.3 is 5.73 Å². The highest BCUT2D eigenvalue weighted by atomic mass is 35.5. The lowest BCUT2D eigenvalue weighted by atomic mass is 10.1. The molecule has 0 aliphatic carbocycles. The third kappa shape index (κ3) is 2.79. The van der Waals surface area contributed by atoms with Crippen molar-refractivity contribution in [3.05, 3.63) is 34.9 Å². The van der Waals surface area contributed by atoms with Gasteiger partial charge in [0, 0.05) is 17.1 Å². The van der Waals surface area contributed by atoms with Gasteiger partial charge in [-0.1, -0.05) is 37.6 Å². The van der Waals surface area contributed by atoms with Crippen LogP contribution in [0.1, 0.15) is 24.2 Å². The van der Waals surface area contributed by atoms with Crippen LogP contribution in [-0.2, 0) is 6.54 Å². The highest BCUT2D eigenvalue weighted by Crippen LogP contribution is 2.27. The Morgan fingerprint density at radius 3 is 2.53 bits per heavy atom. The van der Waals surface area contributed by atoms with Crippen LogP contribution in [0.15, 0.2) is 24.3 Å². The van der Waals surface area contributed by atoms with E-state index in [1.807, 2.05) is 12.1 Å². The third-order valence-electron chi connectivity index (χ3n) is 2.80. The van der Waals surface area contributed by atoms with E-state index in [1.54, 1.807) is 16.8 Å². The molecule has 0 radical (unpaired) electrons. The second kappa shape index (κ2) is 5.45. The van der Waals surface area contributed by atoms with Gasteiger partial charge in [-0.15, -0.1) is 0 Å².